The molecule has 2 aromatic rings. The monoisotopic (exact) mass is 316 g/mol. The third kappa shape index (κ3) is 3.52. The maximum Gasteiger partial charge on any atom is 0.160 e. The van der Waals surface area contributed by atoms with E-state index in [0.29, 0.717) is 17.5 Å². The maximum atomic E-state index is 9.93. The van der Waals surface area contributed by atoms with Gasteiger partial charge in [0.2, 0.25) is 0 Å². The zero-order valence-corrected chi connectivity index (χ0v) is 14.0. The third-order valence-corrected chi connectivity index (χ3v) is 4.01. The lowest BCUT2D eigenvalue weighted by molar-refractivity contribution is 0.396. The first kappa shape index (κ1) is 17.0. The summed E-state index contributed by atoms with van der Waals surface area (Å²) in [4.78, 5) is 0. The molecule has 4 N–H and O–H groups in total. The van der Waals surface area contributed by atoms with Gasteiger partial charge in [-0.2, -0.15) is 0 Å². The van der Waals surface area contributed by atoms with E-state index in [9.17, 15) is 20.4 Å². The number of phenols is 4. The van der Waals surface area contributed by atoms with Crippen LogP contribution in [0.25, 0.3) is 0 Å². The molecule has 0 heterocycles. The van der Waals surface area contributed by atoms with Gasteiger partial charge in [0, 0.05) is 11.1 Å². The number of benzene rings is 2. The molecule has 0 radical (unpaired) electrons. The van der Waals surface area contributed by atoms with Crippen molar-refractivity contribution in [3.63, 3.8) is 0 Å². The second-order valence-electron chi connectivity index (χ2n) is 6.59. The van der Waals surface area contributed by atoms with Crippen LogP contribution in [0.3, 0.4) is 0 Å². The summed E-state index contributed by atoms with van der Waals surface area (Å²) in [5.41, 5.74) is 3.05. The molecule has 0 saturated carbocycles. The van der Waals surface area contributed by atoms with Crippen molar-refractivity contribution in [1.29, 1.82) is 0 Å². The van der Waals surface area contributed by atoms with Gasteiger partial charge in [-0.15, -0.1) is 0 Å². The Labute approximate surface area is 136 Å². The molecule has 124 valence electrons. The first-order valence-electron chi connectivity index (χ1n) is 7.80. The number of hydrogen-bond acceptors (Lipinski definition) is 4. The largest absolute Gasteiger partial charge is 0.504 e. The van der Waals surface area contributed by atoms with Crippen LogP contribution in [0, 0.1) is 0 Å². The Bertz CT molecular complexity index is 656. The van der Waals surface area contributed by atoms with Crippen LogP contribution in [0.4, 0.5) is 0 Å². The molecule has 0 aliphatic heterocycles. The molecule has 2 aromatic carbocycles. The second kappa shape index (κ2) is 6.41. The summed E-state index contributed by atoms with van der Waals surface area (Å²) in [5.74, 6) is -0.280. The van der Waals surface area contributed by atoms with Crippen LogP contribution in [-0.2, 0) is 6.42 Å². The minimum Gasteiger partial charge on any atom is -0.504 e. The Hall–Kier alpha value is -2.36. The molecular formula is C19H24O4. The van der Waals surface area contributed by atoms with Crippen LogP contribution in [0.15, 0.2) is 24.3 Å². The number of phenolic OH excluding ortho intramolecular Hbond substituents is 4. The summed E-state index contributed by atoms with van der Waals surface area (Å²) in [5, 5.41) is 39.7. The molecule has 23 heavy (non-hydrogen) atoms. The molecule has 4 nitrogen and oxygen atoms in total. The van der Waals surface area contributed by atoms with Crippen molar-refractivity contribution in [2.75, 3.05) is 0 Å². The fraction of sp³-hybridized carbons (Fsp3) is 0.368. The molecule has 0 atom stereocenters. The van der Waals surface area contributed by atoms with Gasteiger partial charge >= 0.3 is 0 Å². The second-order valence-corrected chi connectivity index (χ2v) is 6.59. The van der Waals surface area contributed by atoms with Gasteiger partial charge in [-0.1, -0.05) is 39.8 Å². The van der Waals surface area contributed by atoms with Crippen molar-refractivity contribution in [2.24, 2.45) is 0 Å². The van der Waals surface area contributed by atoms with E-state index in [1.54, 1.807) is 0 Å². The van der Waals surface area contributed by atoms with Gasteiger partial charge < -0.3 is 20.4 Å². The highest BCUT2D eigenvalue weighted by Gasteiger charge is 2.15. The predicted molar refractivity (Wildman–Crippen MR) is 90.5 cm³/mol. The van der Waals surface area contributed by atoms with E-state index in [-0.39, 0.29) is 34.8 Å². The molecule has 0 aliphatic carbocycles. The Balaban J connectivity index is 2.44. The minimum absolute atomic E-state index is 0.0832. The van der Waals surface area contributed by atoms with Crippen molar-refractivity contribution in [2.45, 2.75) is 46.0 Å². The summed E-state index contributed by atoms with van der Waals surface area (Å²) in [7, 11) is 0. The van der Waals surface area contributed by atoms with Crippen molar-refractivity contribution in [3.05, 3.63) is 46.5 Å². The molecule has 0 saturated heterocycles. The average molecular weight is 316 g/mol. The highest BCUT2D eigenvalue weighted by Crippen LogP contribution is 2.38. The maximum absolute atomic E-state index is 9.93. The van der Waals surface area contributed by atoms with Crippen LogP contribution in [0.5, 0.6) is 23.0 Å². The fourth-order valence-corrected chi connectivity index (χ4v) is 2.72. The smallest absolute Gasteiger partial charge is 0.160 e. The molecule has 0 spiro atoms. The van der Waals surface area contributed by atoms with Gasteiger partial charge in [-0.3, -0.25) is 0 Å². The summed E-state index contributed by atoms with van der Waals surface area (Å²) >= 11 is 0. The van der Waals surface area contributed by atoms with Gasteiger partial charge in [0.05, 0.1) is 0 Å². The molecular weight excluding hydrogens is 292 g/mol. The fourth-order valence-electron chi connectivity index (χ4n) is 2.72. The van der Waals surface area contributed by atoms with Crippen molar-refractivity contribution in [1.82, 2.24) is 0 Å². The number of hydrogen-bond donors (Lipinski definition) is 4. The van der Waals surface area contributed by atoms with Crippen molar-refractivity contribution >= 4 is 0 Å². The molecule has 0 amide bonds. The molecule has 0 fully saturated rings. The predicted octanol–water partition coefficient (Wildman–Crippen LogP) is 4.35. The van der Waals surface area contributed by atoms with Crippen LogP contribution >= 0.6 is 0 Å². The van der Waals surface area contributed by atoms with Gasteiger partial charge in [-0.25, -0.2) is 0 Å². The van der Waals surface area contributed by atoms with Crippen molar-refractivity contribution in [3.8, 4) is 23.0 Å². The van der Waals surface area contributed by atoms with E-state index < -0.39 is 0 Å². The van der Waals surface area contributed by atoms with Crippen LogP contribution in [-0.4, -0.2) is 20.4 Å². The highest BCUT2D eigenvalue weighted by molar-refractivity contribution is 5.52. The molecule has 0 aliphatic rings. The highest BCUT2D eigenvalue weighted by atomic mass is 16.3. The van der Waals surface area contributed by atoms with E-state index >= 15 is 0 Å². The van der Waals surface area contributed by atoms with Crippen LogP contribution < -0.4 is 0 Å². The van der Waals surface area contributed by atoms with Crippen molar-refractivity contribution < 1.29 is 20.4 Å². The Morgan fingerprint density at radius 1 is 0.652 bits per heavy atom. The lowest BCUT2D eigenvalue weighted by Gasteiger charge is -2.15. The van der Waals surface area contributed by atoms with E-state index in [1.165, 1.54) is 12.1 Å². The first-order chi connectivity index (χ1) is 10.7. The lowest BCUT2D eigenvalue weighted by atomic mass is 9.93. The van der Waals surface area contributed by atoms with Crippen LogP contribution in [0.1, 0.15) is 61.8 Å². The SMILES string of the molecule is CC(C)c1cc(Cc2cc(O)c(O)c(C(C)C)c2)cc(O)c1O. The number of aromatic hydroxyl groups is 4. The lowest BCUT2D eigenvalue weighted by Crippen LogP contribution is -1.96. The van der Waals surface area contributed by atoms with E-state index in [4.69, 9.17) is 0 Å². The number of rotatable bonds is 4. The Morgan fingerprint density at radius 3 is 1.30 bits per heavy atom. The quantitative estimate of drug-likeness (QED) is 0.632. The molecule has 0 bridgehead atoms. The van der Waals surface area contributed by atoms with Gasteiger partial charge in [0.15, 0.2) is 23.0 Å². The first-order valence-corrected chi connectivity index (χ1v) is 7.80. The third-order valence-electron chi connectivity index (χ3n) is 4.01. The Kier molecular flexibility index (Phi) is 4.73. The van der Waals surface area contributed by atoms with Crippen LogP contribution in [0.2, 0.25) is 0 Å². The normalized spacial score (nSPS) is 11.4. The molecule has 4 heteroatoms. The van der Waals surface area contributed by atoms with Gasteiger partial charge in [-0.05, 0) is 41.5 Å². The molecule has 0 aromatic heterocycles. The zero-order valence-electron chi connectivity index (χ0n) is 14.0. The summed E-state index contributed by atoms with van der Waals surface area (Å²) in [6.45, 7) is 7.78. The average Bonchev–Trinajstić information content (AvgIpc) is 2.45. The van der Waals surface area contributed by atoms with Gasteiger partial charge in [0.25, 0.3) is 0 Å². The van der Waals surface area contributed by atoms with E-state index in [2.05, 4.69) is 0 Å². The summed E-state index contributed by atoms with van der Waals surface area (Å²) in [6, 6.07) is 6.78. The Morgan fingerprint density at radius 2 is 1.00 bits per heavy atom. The standard InChI is InChI=1S/C19H24O4/c1-10(2)14-6-12(8-16(20)18(14)22)5-13-7-15(11(3)4)19(23)17(21)9-13/h6-11,20-23H,5H2,1-4H3. The topological polar surface area (TPSA) is 80.9 Å². The molecule has 2 rings (SSSR count). The summed E-state index contributed by atoms with van der Waals surface area (Å²) < 4.78 is 0. The van der Waals surface area contributed by atoms with E-state index in [1.807, 2.05) is 39.8 Å². The van der Waals surface area contributed by atoms with E-state index in [0.717, 1.165) is 11.1 Å². The zero-order chi connectivity index (χ0) is 17.3. The minimum atomic E-state index is -0.140. The summed E-state index contributed by atoms with van der Waals surface area (Å²) in [6.07, 6.45) is 0.487. The molecule has 0 unspecified atom stereocenters. The van der Waals surface area contributed by atoms with Gasteiger partial charge in [0.1, 0.15) is 0 Å².